The van der Waals surface area contributed by atoms with E-state index in [1.165, 1.54) is 0 Å². The van der Waals surface area contributed by atoms with E-state index in [9.17, 15) is 9.59 Å². The van der Waals surface area contributed by atoms with Gasteiger partial charge in [0.2, 0.25) is 0 Å². The molecule has 0 fully saturated rings. The molecule has 1 N–H and O–H groups in total. The second-order valence-electron chi connectivity index (χ2n) is 9.22. The fourth-order valence-corrected chi connectivity index (χ4v) is 4.95. The Labute approximate surface area is 217 Å². The molecule has 0 spiro atoms. The number of carbonyl (C=O) groups is 2. The fraction of sp³-hybridized carbons (Fsp3) is 0.393. The number of methoxy groups -OCH3 is 2. The monoisotopic (exact) mass is 506 g/mol. The summed E-state index contributed by atoms with van der Waals surface area (Å²) in [6, 6.07) is 12.9. The molecule has 0 saturated heterocycles. The van der Waals surface area contributed by atoms with E-state index in [0.29, 0.717) is 35.7 Å². The Morgan fingerprint density at radius 2 is 1.81 bits per heavy atom. The molecular weight excluding hydrogens is 472 g/mol. The standard InChI is InChI=1S/C28H34N4O5/c1-7-37-28(34)31-18(3)12-21(23-14-25(35-5)26(36-6)15-24(23)31)16-29-27(33)20-9-8-10-22(13-20)32-19(4)11-17(2)30-32/h8-11,13-15,18,21H,7,12,16H2,1-6H3,(H,29,33). The average Bonchev–Trinajstić information content (AvgIpc) is 3.23. The van der Waals surface area contributed by atoms with E-state index in [4.69, 9.17) is 14.2 Å². The lowest BCUT2D eigenvalue weighted by atomic mass is 9.85. The van der Waals surface area contributed by atoms with Gasteiger partial charge in [-0.2, -0.15) is 5.10 Å². The SMILES string of the molecule is CCOC(=O)N1c2cc(OC)c(OC)cc2C(CNC(=O)c2cccc(-n3nc(C)cc3C)c2)CC1C. The zero-order valence-corrected chi connectivity index (χ0v) is 22.2. The van der Waals surface area contributed by atoms with Gasteiger partial charge >= 0.3 is 6.09 Å². The van der Waals surface area contributed by atoms with E-state index in [0.717, 1.165) is 22.6 Å². The fourth-order valence-electron chi connectivity index (χ4n) is 4.95. The first kappa shape index (κ1) is 26.1. The summed E-state index contributed by atoms with van der Waals surface area (Å²) in [6.45, 7) is 8.36. The number of carbonyl (C=O) groups excluding carboxylic acids is 2. The minimum atomic E-state index is -0.410. The van der Waals surface area contributed by atoms with Crippen LogP contribution in [0.3, 0.4) is 0 Å². The van der Waals surface area contributed by atoms with Crippen LogP contribution in [0, 0.1) is 13.8 Å². The quantitative estimate of drug-likeness (QED) is 0.496. The molecule has 2 heterocycles. The number of hydrogen-bond donors (Lipinski definition) is 1. The Morgan fingerprint density at radius 3 is 2.46 bits per heavy atom. The van der Waals surface area contributed by atoms with E-state index in [1.54, 1.807) is 38.2 Å². The third-order valence-electron chi connectivity index (χ3n) is 6.63. The number of benzene rings is 2. The van der Waals surface area contributed by atoms with E-state index in [1.807, 2.05) is 55.8 Å². The van der Waals surface area contributed by atoms with Crippen LogP contribution in [-0.4, -0.2) is 55.2 Å². The third-order valence-corrected chi connectivity index (χ3v) is 6.63. The van der Waals surface area contributed by atoms with Crippen LogP contribution in [0.15, 0.2) is 42.5 Å². The Kier molecular flexibility index (Phi) is 7.71. The van der Waals surface area contributed by atoms with Crippen molar-refractivity contribution in [3.05, 3.63) is 65.0 Å². The molecule has 1 aliphatic heterocycles. The van der Waals surface area contributed by atoms with Crippen LogP contribution in [0.1, 0.15) is 53.5 Å². The third kappa shape index (κ3) is 5.26. The highest BCUT2D eigenvalue weighted by molar-refractivity contribution is 5.95. The van der Waals surface area contributed by atoms with Crippen molar-refractivity contribution < 1.29 is 23.8 Å². The van der Waals surface area contributed by atoms with Gasteiger partial charge in [0.1, 0.15) is 0 Å². The van der Waals surface area contributed by atoms with Gasteiger partial charge in [0.05, 0.1) is 37.9 Å². The van der Waals surface area contributed by atoms with Crippen molar-refractivity contribution >= 4 is 17.7 Å². The molecule has 2 aromatic carbocycles. The summed E-state index contributed by atoms with van der Waals surface area (Å²) < 4.78 is 18.2. The lowest BCUT2D eigenvalue weighted by Crippen LogP contribution is -2.45. The lowest BCUT2D eigenvalue weighted by molar-refractivity contribution is 0.0949. The molecule has 2 unspecified atom stereocenters. The maximum atomic E-state index is 13.2. The van der Waals surface area contributed by atoms with Crippen molar-refractivity contribution in [3.8, 4) is 17.2 Å². The van der Waals surface area contributed by atoms with E-state index < -0.39 is 6.09 Å². The number of nitrogens with one attached hydrogen (secondary N) is 1. The number of nitrogens with zero attached hydrogens (tertiary/aromatic N) is 3. The highest BCUT2D eigenvalue weighted by Crippen LogP contribution is 2.44. The van der Waals surface area contributed by atoms with Gasteiger partial charge in [-0.15, -0.1) is 0 Å². The summed E-state index contributed by atoms with van der Waals surface area (Å²) >= 11 is 0. The normalized spacial score (nSPS) is 16.6. The van der Waals surface area contributed by atoms with Crippen LogP contribution in [-0.2, 0) is 4.74 Å². The number of rotatable bonds is 7. The molecule has 4 rings (SSSR count). The molecule has 0 bridgehead atoms. The highest BCUT2D eigenvalue weighted by Gasteiger charge is 2.36. The van der Waals surface area contributed by atoms with Crippen LogP contribution in [0.25, 0.3) is 5.69 Å². The van der Waals surface area contributed by atoms with Crippen LogP contribution >= 0.6 is 0 Å². The highest BCUT2D eigenvalue weighted by atomic mass is 16.6. The number of hydrogen-bond acceptors (Lipinski definition) is 6. The second-order valence-corrected chi connectivity index (χ2v) is 9.22. The smallest absolute Gasteiger partial charge is 0.414 e. The number of fused-ring (bicyclic) bond motifs is 1. The minimum absolute atomic E-state index is 0.0429. The first-order valence-electron chi connectivity index (χ1n) is 12.4. The van der Waals surface area contributed by atoms with Crippen molar-refractivity contribution in [2.24, 2.45) is 0 Å². The van der Waals surface area contributed by atoms with Gasteiger partial charge in [-0.3, -0.25) is 9.69 Å². The summed E-state index contributed by atoms with van der Waals surface area (Å²) in [5, 5.41) is 7.61. The molecule has 37 heavy (non-hydrogen) atoms. The molecule has 2 amide bonds. The Hall–Kier alpha value is -4.01. The van der Waals surface area contributed by atoms with Gasteiger partial charge in [0.15, 0.2) is 11.5 Å². The summed E-state index contributed by atoms with van der Waals surface area (Å²) in [5.41, 5.74) is 4.88. The number of aromatic nitrogens is 2. The summed E-state index contributed by atoms with van der Waals surface area (Å²) in [5.74, 6) is 0.867. The first-order chi connectivity index (χ1) is 17.8. The molecule has 9 heteroatoms. The zero-order valence-electron chi connectivity index (χ0n) is 22.2. The van der Waals surface area contributed by atoms with Crippen molar-refractivity contribution in [1.29, 1.82) is 0 Å². The Balaban J connectivity index is 1.59. The number of aryl methyl sites for hydroxylation is 2. The molecule has 1 aliphatic rings. The molecule has 9 nitrogen and oxygen atoms in total. The van der Waals surface area contributed by atoms with Crippen LogP contribution in [0.5, 0.6) is 11.5 Å². The van der Waals surface area contributed by atoms with Crippen molar-refractivity contribution in [2.75, 3.05) is 32.3 Å². The van der Waals surface area contributed by atoms with Crippen LogP contribution in [0.4, 0.5) is 10.5 Å². The van der Waals surface area contributed by atoms with E-state index >= 15 is 0 Å². The number of anilines is 1. The Bertz CT molecular complexity index is 1300. The maximum absolute atomic E-state index is 13.2. The summed E-state index contributed by atoms with van der Waals surface area (Å²) in [6.07, 6.45) is 0.236. The van der Waals surface area contributed by atoms with Crippen molar-refractivity contribution in [3.63, 3.8) is 0 Å². The molecule has 2 atom stereocenters. The minimum Gasteiger partial charge on any atom is -0.493 e. The van der Waals surface area contributed by atoms with Gasteiger partial charge in [-0.25, -0.2) is 9.48 Å². The predicted molar refractivity (Wildman–Crippen MR) is 141 cm³/mol. The van der Waals surface area contributed by atoms with Crippen molar-refractivity contribution in [2.45, 2.75) is 46.1 Å². The largest absolute Gasteiger partial charge is 0.493 e. The second kappa shape index (κ2) is 10.9. The van der Waals surface area contributed by atoms with Crippen LogP contribution < -0.4 is 19.7 Å². The first-order valence-corrected chi connectivity index (χ1v) is 12.4. The average molecular weight is 507 g/mol. The molecule has 0 radical (unpaired) electrons. The van der Waals surface area contributed by atoms with Crippen LogP contribution in [0.2, 0.25) is 0 Å². The summed E-state index contributed by atoms with van der Waals surface area (Å²) in [4.78, 5) is 27.6. The van der Waals surface area contributed by atoms with Gasteiger partial charge in [-0.05, 0) is 70.0 Å². The van der Waals surface area contributed by atoms with Gasteiger partial charge in [0.25, 0.3) is 5.91 Å². The van der Waals surface area contributed by atoms with Gasteiger partial charge < -0.3 is 19.5 Å². The zero-order chi connectivity index (χ0) is 26.7. The predicted octanol–water partition coefficient (Wildman–Crippen LogP) is 4.78. The molecule has 196 valence electrons. The van der Waals surface area contributed by atoms with Crippen molar-refractivity contribution in [1.82, 2.24) is 15.1 Å². The Morgan fingerprint density at radius 1 is 1.08 bits per heavy atom. The molecular formula is C28H34N4O5. The van der Waals surface area contributed by atoms with E-state index in [-0.39, 0.29) is 24.5 Å². The van der Waals surface area contributed by atoms with Gasteiger partial charge in [0, 0.05) is 35.8 Å². The maximum Gasteiger partial charge on any atom is 0.414 e. The number of ether oxygens (including phenoxy) is 3. The summed E-state index contributed by atoms with van der Waals surface area (Å²) in [7, 11) is 3.13. The molecule has 3 aromatic rings. The molecule has 0 aliphatic carbocycles. The molecule has 1 aromatic heterocycles. The van der Waals surface area contributed by atoms with Gasteiger partial charge in [-0.1, -0.05) is 6.07 Å². The number of amides is 2. The van der Waals surface area contributed by atoms with E-state index in [2.05, 4.69) is 10.4 Å². The molecule has 0 saturated carbocycles. The topological polar surface area (TPSA) is 94.9 Å². The lowest BCUT2D eigenvalue weighted by Gasteiger charge is -2.39.